The third-order valence-corrected chi connectivity index (χ3v) is 5.34. The van der Waals surface area contributed by atoms with Crippen LogP contribution >= 0.6 is 11.3 Å². The van der Waals surface area contributed by atoms with Gasteiger partial charge in [0.1, 0.15) is 5.82 Å². The standard InChI is InChI=1S/C22H17FN2OS/c1-14-6-11-21(27-14)20-12-18(17-4-2-3-5-19(17)25-20)22(26)24-13-15-7-9-16(23)10-8-15/h2-12H,13H2,1H3,(H,24,26). The van der Waals surface area contributed by atoms with Crippen molar-refractivity contribution < 1.29 is 9.18 Å². The molecule has 2 aromatic heterocycles. The van der Waals surface area contributed by atoms with Gasteiger partial charge >= 0.3 is 0 Å². The van der Waals surface area contributed by atoms with Gasteiger partial charge in [-0.05, 0) is 48.9 Å². The van der Waals surface area contributed by atoms with Gasteiger partial charge in [0.15, 0.2) is 0 Å². The zero-order chi connectivity index (χ0) is 18.8. The molecule has 5 heteroatoms. The molecular weight excluding hydrogens is 359 g/mol. The minimum Gasteiger partial charge on any atom is -0.348 e. The molecule has 1 N–H and O–H groups in total. The third-order valence-electron chi connectivity index (χ3n) is 4.32. The van der Waals surface area contributed by atoms with E-state index in [1.165, 1.54) is 17.0 Å². The van der Waals surface area contributed by atoms with Crippen molar-refractivity contribution in [1.82, 2.24) is 10.3 Å². The molecule has 2 heterocycles. The van der Waals surface area contributed by atoms with Crippen LogP contribution in [0, 0.1) is 12.7 Å². The molecule has 134 valence electrons. The highest BCUT2D eigenvalue weighted by Crippen LogP contribution is 2.29. The fraction of sp³-hybridized carbons (Fsp3) is 0.0909. The first-order valence-corrected chi connectivity index (χ1v) is 9.41. The topological polar surface area (TPSA) is 42.0 Å². The van der Waals surface area contributed by atoms with E-state index < -0.39 is 0 Å². The van der Waals surface area contributed by atoms with Crippen LogP contribution in [0.25, 0.3) is 21.5 Å². The number of nitrogens with one attached hydrogen (secondary N) is 1. The minimum atomic E-state index is -0.291. The molecule has 0 bridgehead atoms. The molecule has 0 unspecified atom stereocenters. The molecule has 0 aliphatic rings. The molecule has 0 fully saturated rings. The molecule has 27 heavy (non-hydrogen) atoms. The SMILES string of the molecule is Cc1ccc(-c2cc(C(=O)NCc3ccc(F)cc3)c3ccccc3n2)s1. The number of aryl methyl sites for hydroxylation is 1. The fourth-order valence-corrected chi connectivity index (χ4v) is 3.77. The smallest absolute Gasteiger partial charge is 0.252 e. The van der Waals surface area contributed by atoms with Crippen LogP contribution in [0.1, 0.15) is 20.8 Å². The Labute approximate surface area is 160 Å². The number of fused-ring (bicyclic) bond motifs is 1. The lowest BCUT2D eigenvalue weighted by Gasteiger charge is -2.10. The molecule has 0 aliphatic heterocycles. The first-order valence-electron chi connectivity index (χ1n) is 8.59. The number of carbonyl (C=O) groups is 1. The van der Waals surface area contributed by atoms with Crippen molar-refractivity contribution in [3.63, 3.8) is 0 Å². The number of para-hydroxylation sites is 1. The number of carbonyl (C=O) groups excluding carboxylic acids is 1. The minimum absolute atomic E-state index is 0.174. The van der Waals surface area contributed by atoms with Crippen LogP contribution in [0.15, 0.2) is 66.7 Å². The Hall–Kier alpha value is -3.05. The van der Waals surface area contributed by atoms with E-state index in [4.69, 9.17) is 4.98 Å². The van der Waals surface area contributed by atoms with Gasteiger partial charge in [0.2, 0.25) is 0 Å². The summed E-state index contributed by atoms with van der Waals surface area (Å²) in [4.78, 5) is 19.8. The number of rotatable bonds is 4. The summed E-state index contributed by atoms with van der Waals surface area (Å²) < 4.78 is 13.0. The van der Waals surface area contributed by atoms with Gasteiger partial charge in [0, 0.05) is 16.8 Å². The molecule has 4 rings (SSSR count). The average molecular weight is 376 g/mol. The molecular formula is C22H17FN2OS. The fourth-order valence-electron chi connectivity index (χ4n) is 2.94. The lowest BCUT2D eigenvalue weighted by atomic mass is 10.1. The highest BCUT2D eigenvalue weighted by atomic mass is 32.1. The quantitative estimate of drug-likeness (QED) is 0.522. The van der Waals surface area contributed by atoms with E-state index >= 15 is 0 Å². The van der Waals surface area contributed by atoms with E-state index in [1.807, 2.05) is 49.4 Å². The van der Waals surface area contributed by atoms with Crippen molar-refractivity contribution in [2.24, 2.45) is 0 Å². The summed E-state index contributed by atoms with van der Waals surface area (Å²) in [5.74, 6) is -0.464. The van der Waals surface area contributed by atoms with Gasteiger partial charge in [-0.15, -0.1) is 11.3 Å². The number of amides is 1. The third kappa shape index (κ3) is 3.73. The maximum absolute atomic E-state index is 13.0. The summed E-state index contributed by atoms with van der Waals surface area (Å²) in [6, 6.07) is 19.7. The lowest BCUT2D eigenvalue weighted by molar-refractivity contribution is 0.0952. The molecule has 1 amide bonds. The molecule has 0 aliphatic carbocycles. The Morgan fingerprint density at radius 1 is 1.07 bits per heavy atom. The molecule has 2 aromatic carbocycles. The average Bonchev–Trinajstić information content (AvgIpc) is 3.13. The first-order chi connectivity index (χ1) is 13.1. The van der Waals surface area contributed by atoms with E-state index in [2.05, 4.69) is 5.32 Å². The molecule has 0 spiro atoms. The maximum atomic E-state index is 13.0. The summed E-state index contributed by atoms with van der Waals surface area (Å²) in [5.41, 5.74) is 3.01. The second-order valence-electron chi connectivity index (χ2n) is 6.29. The second kappa shape index (κ2) is 7.29. The number of hydrogen-bond acceptors (Lipinski definition) is 3. The monoisotopic (exact) mass is 376 g/mol. The molecule has 0 saturated heterocycles. The Morgan fingerprint density at radius 2 is 1.85 bits per heavy atom. The lowest BCUT2D eigenvalue weighted by Crippen LogP contribution is -2.23. The summed E-state index contributed by atoms with van der Waals surface area (Å²) >= 11 is 1.65. The Bertz CT molecular complexity index is 1120. The predicted octanol–water partition coefficient (Wildman–Crippen LogP) is 5.34. The first kappa shape index (κ1) is 17.4. The van der Waals surface area contributed by atoms with Gasteiger partial charge in [-0.2, -0.15) is 0 Å². The van der Waals surface area contributed by atoms with Crippen LogP contribution in [-0.2, 0) is 6.54 Å². The van der Waals surface area contributed by atoms with Crippen molar-refractivity contribution >= 4 is 28.1 Å². The highest BCUT2D eigenvalue weighted by molar-refractivity contribution is 7.15. The Balaban J connectivity index is 1.68. The maximum Gasteiger partial charge on any atom is 0.252 e. The second-order valence-corrected chi connectivity index (χ2v) is 7.58. The zero-order valence-electron chi connectivity index (χ0n) is 14.7. The molecule has 0 saturated carbocycles. The van der Waals surface area contributed by atoms with E-state index in [0.717, 1.165) is 27.0 Å². The number of nitrogens with zero attached hydrogens (tertiary/aromatic N) is 1. The van der Waals surface area contributed by atoms with E-state index in [1.54, 1.807) is 23.5 Å². The van der Waals surface area contributed by atoms with Gasteiger partial charge in [-0.3, -0.25) is 4.79 Å². The van der Waals surface area contributed by atoms with Gasteiger partial charge in [0.05, 0.1) is 21.7 Å². The van der Waals surface area contributed by atoms with Gasteiger partial charge < -0.3 is 5.32 Å². The summed E-state index contributed by atoms with van der Waals surface area (Å²) in [6.45, 7) is 2.38. The Morgan fingerprint density at radius 3 is 2.59 bits per heavy atom. The number of benzene rings is 2. The predicted molar refractivity (Wildman–Crippen MR) is 107 cm³/mol. The largest absolute Gasteiger partial charge is 0.348 e. The van der Waals surface area contributed by atoms with Crippen molar-refractivity contribution in [2.45, 2.75) is 13.5 Å². The van der Waals surface area contributed by atoms with Crippen molar-refractivity contribution in [2.75, 3.05) is 0 Å². The highest BCUT2D eigenvalue weighted by Gasteiger charge is 2.14. The van der Waals surface area contributed by atoms with E-state index in [0.29, 0.717) is 12.1 Å². The van der Waals surface area contributed by atoms with Gasteiger partial charge in [0.25, 0.3) is 5.91 Å². The normalized spacial score (nSPS) is 10.9. The van der Waals surface area contributed by atoms with Crippen LogP contribution in [0.5, 0.6) is 0 Å². The van der Waals surface area contributed by atoms with E-state index in [9.17, 15) is 9.18 Å². The molecule has 0 radical (unpaired) electrons. The summed E-state index contributed by atoms with van der Waals surface area (Å²) in [6.07, 6.45) is 0. The number of pyridine rings is 1. The zero-order valence-corrected chi connectivity index (χ0v) is 15.5. The molecule has 0 atom stereocenters. The van der Waals surface area contributed by atoms with Crippen LogP contribution in [0.3, 0.4) is 0 Å². The van der Waals surface area contributed by atoms with Crippen molar-refractivity contribution in [1.29, 1.82) is 0 Å². The molecule has 3 nitrogen and oxygen atoms in total. The summed E-state index contributed by atoms with van der Waals surface area (Å²) in [5, 5.41) is 3.74. The van der Waals surface area contributed by atoms with Crippen LogP contribution in [0.4, 0.5) is 4.39 Å². The van der Waals surface area contributed by atoms with Crippen molar-refractivity contribution in [3.05, 3.63) is 88.6 Å². The van der Waals surface area contributed by atoms with Gasteiger partial charge in [-0.25, -0.2) is 9.37 Å². The van der Waals surface area contributed by atoms with Gasteiger partial charge in [-0.1, -0.05) is 30.3 Å². The van der Waals surface area contributed by atoms with Crippen LogP contribution in [-0.4, -0.2) is 10.9 Å². The van der Waals surface area contributed by atoms with Crippen LogP contribution in [0.2, 0.25) is 0 Å². The van der Waals surface area contributed by atoms with Crippen molar-refractivity contribution in [3.8, 4) is 10.6 Å². The summed E-state index contributed by atoms with van der Waals surface area (Å²) in [7, 11) is 0. The number of aromatic nitrogens is 1. The van der Waals surface area contributed by atoms with Crippen LogP contribution < -0.4 is 5.32 Å². The van der Waals surface area contributed by atoms with E-state index in [-0.39, 0.29) is 11.7 Å². The number of halogens is 1. The number of thiophene rings is 1. The molecule has 4 aromatic rings. The Kier molecular flexibility index (Phi) is 4.69. The number of hydrogen-bond donors (Lipinski definition) is 1.